The van der Waals surface area contributed by atoms with Crippen LogP contribution in [-0.2, 0) is 4.79 Å². The van der Waals surface area contributed by atoms with Crippen LogP contribution in [0.3, 0.4) is 0 Å². The molecular weight excluding hydrogens is 222 g/mol. The third kappa shape index (κ3) is 6.24. The van der Waals surface area contributed by atoms with Crippen molar-refractivity contribution in [3.05, 3.63) is 41.5 Å². The molecule has 1 amide bonds. The molecule has 0 spiro atoms. The zero-order chi connectivity index (χ0) is 13.4. The largest absolute Gasteiger partial charge is 0.353 e. The Bertz CT molecular complexity index is 390. The van der Waals surface area contributed by atoms with Crippen LogP contribution in [0.15, 0.2) is 30.3 Å². The van der Waals surface area contributed by atoms with Crippen molar-refractivity contribution >= 4 is 12.0 Å². The van der Waals surface area contributed by atoms with Gasteiger partial charge in [-0.1, -0.05) is 43.7 Å². The number of rotatable bonds is 6. The molecule has 98 valence electrons. The van der Waals surface area contributed by atoms with Gasteiger partial charge in [-0.05, 0) is 37.3 Å². The normalized spacial score (nSPS) is 11.1. The second-order valence-electron chi connectivity index (χ2n) is 5.07. The summed E-state index contributed by atoms with van der Waals surface area (Å²) in [5.41, 5.74) is 2.28. The van der Waals surface area contributed by atoms with E-state index in [0.29, 0.717) is 5.92 Å². The zero-order valence-corrected chi connectivity index (χ0v) is 11.6. The monoisotopic (exact) mass is 245 g/mol. The summed E-state index contributed by atoms with van der Waals surface area (Å²) in [6.07, 6.45) is 5.64. The first kappa shape index (κ1) is 14.5. The summed E-state index contributed by atoms with van der Waals surface area (Å²) in [6.45, 7) is 7.20. The molecule has 0 radical (unpaired) electrons. The highest BCUT2D eigenvalue weighted by Crippen LogP contribution is 2.05. The van der Waals surface area contributed by atoms with Crippen LogP contribution in [-0.4, -0.2) is 12.5 Å². The van der Waals surface area contributed by atoms with Crippen molar-refractivity contribution in [1.82, 2.24) is 5.32 Å². The molecule has 0 aliphatic heterocycles. The SMILES string of the molecule is Cc1ccc(/C=C/C(=O)NCCCC(C)C)cc1. The quantitative estimate of drug-likeness (QED) is 0.602. The summed E-state index contributed by atoms with van der Waals surface area (Å²) < 4.78 is 0. The van der Waals surface area contributed by atoms with E-state index in [1.807, 2.05) is 30.3 Å². The highest BCUT2D eigenvalue weighted by molar-refractivity contribution is 5.91. The number of hydrogen-bond acceptors (Lipinski definition) is 1. The van der Waals surface area contributed by atoms with Crippen molar-refractivity contribution < 1.29 is 4.79 Å². The van der Waals surface area contributed by atoms with Gasteiger partial charge < -0.3 is 5.32 Å². The Labute approximate surface area is 110 Å². The van der Waals surface area contributed by atoms with Crippen LogP contribution in [0.1, 0.15) is 37.8 Å². The van der Waals surface area contributed by atoms with Crippen molar-refractivity contribution in [2.24, 2.45) is 5.92 Å². The first-order valence-corrected chi connectivity index (χ1v) is 6.60. The van der Waals surface area contributed by atoms with Crippen LogP contribution in [0.5, 0.6) is 0 Å². The van der Waals surface area contributed by atoms with Crippen LogP contribution >= 0.6 is 0 Å². The molecule has 0 atom stereocenters. The highest BCUT2D eigenvalue weighted by Gasteiger charge is 1.96. The minimum atomic E-state index is -0.0145. The van der Waals surface area contributed by atoms with E-state index in [-0.39, 0.29) is 5.91 Å². The van der Waals surface area contributed by atoms with Gasteiger partial charge in [0.1, 0.15) is 0 Å². The van der Waals surface area contributed by atoms with Crippen LogP contribution in [0.4, 0.5) is 0 Å². The lowest BCUT2D eigenvalue weighted by atomic mass is 10.1. The van der Waals surface area contributed by atoms with E-state index >= 15 is 0 Å². The standard InChI is InChI=1S/C16H23NO/c1-13(2)5-4-12-17-16(18)11-10-15-8-6-14(3)7-9-15/h6-11,13H,4-5,12H2,1-3H3,(H,17,18)/b11-10+. The maximum atomic E-state index is 11.5. The second kappa shape index (κ2) is 7.70. The number of carbonyl (C=O) groups excluding carboxylic acids is 1. The van der Waals surface area contributed by atoms with Gasteiger partial charge in [0.25, 0.3) is 0 Å². The predicted octanol–water partition coefficient (Wildman–Crippen LogP) is 3.56. The zero-order valence-electron chi connectivity index (χ0n) is 11.6. The molecule has 0 saturated heterocycles. The third-order valence-corrected chi connectivity index (χ3v) is 2.76. The lowest BCUT2D eigenvalue weighted by Crippen LogP contribution is -2.22. The lowest BCUT2D eigenvalue weighted by Gasteiger charge is -2.04. The van der Waals surface area contributed by atoms with Gasteiger partial charge in [0.05, 0.1) is 0 Å². The van der Waals surface area contributed by atoms with Crippen LogP contribution in [0.25, 0.3) is 6.08 Å². The molecular formula is C16H23NO. The molecule has 2 nitrogen and oxygen atoms in total. The molecule has 2 heteroatoms. The van der Waals surface area contributed by atoms with E-state index in [1.54, 1.807) is 6.08 Å². The number of aryl methyl sites for hydroxylation is 1. The average Bonchev–Trinajstić information content (AvgIpc) is 2.34. The van der Waals surface area contributed by atoms with Gasteiger partial charge in [0.2, 0.25) is 5.91 Å². The summed E-state index contributed by atoms with van der Waals surface area (Å²) in [6, 6.07) is 8.11. The molecule has 0 fully saturated rings. The van der Waals surface area contributed by atoms with Gasteiger partial charge in [-0.15, -0.1) is 0 Å². The molecule has 0 saturated carbocycles. The summed E-state index contributed by atoms with van der Waals surface area (Å²) in [5, 5.41) is 2.89. The van der Waals surface area contributed by atoms with Crippen LogP contribution < -0.4 is 5.32 Å². The van der Waals surface area contributed by atoms with E-state index < -0.39 is 0 Å². The molecule has 1 rings (SSSR count). The number of nitrogens with one attached hydrogen (secondary N) is 1. The van der Waals surface area contributed by atoms with Crippen LogP contribution in [0.2, 0.25) is 0 Å². The van der Waals surface area contributed by atoms with Gasteiger partial charge in [-0.3, -0.25) is 4.79 Å². The fourth-order valence-electron chi connectivity index (χ4n) is 1.63. The fourth-order valence-corrected chi connectivity index (χ4v) is 1.63. The highest BCUT2D eigenvalue weighted by atomic mass is 16.1. The van der Waals surface area contributed by atoms with Crippen molar-refractivity contribution in [1.29, 1.82) is 0 Å². The molecule has 0 bridgehead atoms. The minimum Gasteiger partial charge on any atom is -0.353 e. The lowest BCUT2D eigenvalue weighted by molar-refractivity contribution is -0.116. The maximum Gasteiger partial charge on any atom is 0.243 e. The molecule has 18 heavy (non-hydrogen) atoms. The Morgan fingerprint density at radius 1 is 1.28 bits per heavy atom. The second-order valence-corrected chi connectivity index (χ2v) is 5.07. The number of carbonyl (C=O) groups is 1. The van der Waals surface area contributed by atoms with Crippen molar-refractivity contribution in [3.63, 3.8) is 0 Å². The van der Waals surface area contributed by atoms with E-state index in [2.05, 4.69) is 26.1 Å². The number of benzene rings is 1. The molecule has 0 heterocycles. The minimum absolute atomic E-state index is 0.0145. The average molecular weight is 245 g/mol. The van der Waals surface area contributed by atoms with Gasteiger partial charge >= 0.3 is 0 Å². The topological polar surface area (TPSA) is 29.1 Å². The van der Waals surface area contributed by atoms with Gasteiger partial charge in [-0.25, -0.2) is 0 Å². The first-order chi connectivity index (χ1) is 8.58. The number of amides is 1. The van der Waals surface area contributed by atoms with Gasteiger partial charge in [0.15, 0.2) is 0 Å². The Kier molecular flexibility index (Phi) is 6.20. The van der Waals surface area contributed by atoms with Gasteiger partial charge in [0, 0.05) is 12.6 Å². The van der Waals surface area contributed by atoms with E-state index in [1.165, 1.54) is 5.56 Å². The smallest absolute Gasteiger partial charge is 0.243 e. The Morgan fingerprint density at radius 3 is 2.56 bits per heavy atom. The van der Waals surface area contributed by atoms with Crippen molar-refractivity contribution in [3.8, 4) is 0 Å². The molecule has 1 aromatic carbocycles. The Balaban J connectivity index is 2.29. The van der Waals surface area contributed by atoms with E-state index in [0.717, 1.165) is 24.9 Å². The molecule has 0 aliphatic rings. The maximum absolute atomic E-state index is 11.5. The fraction of sp³-hybridized carbons (Fsp3) is 0.438. The third-order valence-electron chi connectivity index (χ3n) is 2.76. The summed E-state index contributed by atoms with van der Waals surface area (Å²) >= 11 is 0. The van der Waals surface area contributed by atoms with Crippen molar-refractivity contribution in [2.45, 2.75) is 33.6 Å². The van der Waals surface area contributed by atoms with Crippen molar-refractivity contribution in [2.75, 3.05) is 6.54 Å². The Hall–Kier alpha value is -1.57. The van der Waals surface area contributed by atoms with E-state index in [4.69, 9.17) is 0 Å². The molecule has 0 unspecified atom stereocenters. The van der Waals surface area contributed by atoms with Crippen LogP contribution in [0, 0.1) is 12.8 Å². The summed E-state index contributed by atoms with van der Waals surface area (Å²) in [4.78, 5) is 11.5. The van der Waals surface area contributed by atoms with E-state index in [9.17, 15) is 4.79 Å². The van der Waals surface area contributed by atoms with Gasteiger partial charge in [-0.2, -0.15) is 0 Å². The molecule has 1 aromatic rings. The first-order valence-electron chi connectivity index (χ1n) is 6.60. The molecule has 1 N–H and O–H groups in total. The predicted molar refractivity (Wildman–Crippen MR) is 77.3 cm³/mol. The summed E-state index contributed by atoms with van der Waals surface area (Å²) in [7, 11) is 0. The molecule has 0 aliphatic carbocycles. The molecule has 0 aromatic heterocycles. The Morgan fingerprint density at radius 2 is 1.94 bits per heavy atom. The summed E-state index contributed by atoms with van der Waals surface area (Å²) in [5.74, 6) is 0.685. The number of hydrogen-bond donors (Lipinski definition) is 1.